The number of amides is 2. The van der Waals surface area contributed by atoms with Crippen molar-refractivity contribution in [2.75, 3.05) is 24.2 Å². The van der Waals surface area contributed by atoms with Gasteiger partial charge in [0, 0.05) is 24.9 Å². The maximum absolute atomic E-state index is 12.5. The fourth-order valence-electron chi connectivity index (χ4n) is 3.92. The number of hydrogen-bond donors (Lipinski definition) is 2. The quantitative estimate of drug-likeness (QED) is 0.139. The van der Waals surface area contributed by atoms with Crippen molar-refractivity contribution >= 4 is 51.8 Å². The van der Waals surface area contributed by atoms with Crippen LogP contribution in [0.5, 0.6) is 0 Å². The molecule has 188 valence electrons. The molecule has 0 saturated carbocycles. The van der Waals surface area contributed by atoms with Gasteiger partial charge in [-0.3, -0.25) is 19.7 Å². The van der Waals surface area contributed by atoms with Gasteiger partial charge in [-0.15, -0.1) is 11.8 Å². The summed E-state index contributed by atoms with van der Waals surface area (Å²) in [5, 5.41) is 28.6. The number of nitrogens with zero attached hydrogens (tertiary/aromatic N) is 2. The largest absolute Gasteiger partial charge is 0.376 e. The first-order valence-electron chi connectivity index (χ1n) is 11.6. The standard InChI is InChI=1S/C27H24N4O5S/c28-15-21(27(33)29-16-23-6-3-11-36-23)12-18-7-10-25(24(13-18)31(34)35)37-17-26(32)30-22-9-8-19-4-1-2-5-20(19)14-22/h1-2,4-5,7-10,12-14,23H,3,6,11,16-17H2,(H,29,33)(H,30,32)/b21-12+/t23-/m0/s1. The number of carbonyl (C=O) groups is 2. The molecule has 0 bridgehead atoms. The number of nitro benzene ring substituents is 1. The normalized spacial score (nSPS) is 15.2. The lowest BCUT2D eigenvalue weighted by molar-refractivity contribution is -0.387. The molecule has 1 saturated heterocycles. The number of nitrogens with one attached hydrogen (secondary N) is 2. The third-order valence-electron chi connectivity index (χ3n) is 5.76. The first-order valence-corrected chi connectivity index (χ1v) is 12.6. The van der Waals surface area contributed by atoms with Crippen LogP contribution >= 0.6 is 11.8 Å². The molecule has 0 radical (unpaired) electrons. The van der Waals surface area contributed by atoms with Crippen molar-refractivity contribution in [2.45, 2.75) is 23.8 Å². The highest BCUT2D eigenvalue weighted by atomic mass is 32.2. The molecular weight excluding hydrogens is 492 g/mol. The van der Waals surface area contributed by atoms with Crippen molar-refractivity contribution in [1.82, 2.24) is 5.32 Å². The van der Waals surface area contributed by atoms with Crippen LogP contribution in [0.2, 0.25) is 0 Å². The molecule has 0 aliphatic carbocycles. The molecular formula is C27H24N4O5S. The van der Waals surface area contributed by atoms with Gasteiger partial charge in [-0.05, 0) is 53.5 Å². The lowest BCUT2D eigenvalue weighted by Gasteiger charge is -2.10. The van der Waals surface area contributed by atoms with E-state index in [1.165, 1.54) is 18.2 Å². The zero-order valence-electron chi connectivity index (χ0n) is 19.8. The van der Waals surface area contributed by atoms with Gasteiger partial charge in [-0.2, -0.15) is 5.26 Å². The van der Waals surface area contributed by atoms with Gasteiger partial charge in [0.25, 0.3) is 11.6 Å². The Hall–Kier alpha value is -4.20. The molecule has 1 heterocycles. The zero-order valence-corrected chi connectivity index (χ0v) is 20.6. The van der Waals surface area contributed by atoms with Gasteiger partial charge in [0.05, 0.1) is 21.7 Å². The third-order valence-corrected chi connectivity index (χ3v) is 6.82. The molecule has 1 aliphatic heterocycles. The molecule has 0 unspecified atom stereocenters. The summed E-state index contributed by atoms with van der Waals surface area (Å²) in [4.78, 5) is 36.3. The van der Waals surface area contributed by atoms with Crippen LogP contribution in [-0.2, 0) is 14.3 Å². The van der Waals surface area contributed by atoms with Crippen LogP contribution < -0.4 is 10.6 Å². The highest BCUT2D eigenvalue weighted by Gasteiger charge is 2.19. The van der Waals surface area contributed by atoms with E-state index in [0.29, 0.717) is 29.3 Å². The monoisotopic (exact) mass is 516 g/mol. The van der Waals surface area contributed by atoms with Gasteiger partial charge in [-0.25, -0.2) is 0 Å². The van der Waals surface area contributed by atoms with E-state index in [1.54, 1.807) is 12.1 Å². The smallest absolute Gasteiger partial charge is 0.283 e. The second kappa shape index (κ2) is 12.2. The Morgan fingerprint density at radius 2 is 1.97 bits per heavy atom. The fourth-order valence-corrected chi connectivity index (χ4v) is 4.72. The Bertz CT molecular complexity index is 1410. The van der Waals surface area contributed by atoms with Crippen LogP contribution in [0.4, 0.5) is 11.4 Å². The molecule has 3 aromatic rings. The number of ether oxygens (including phenoxy) is 1. The summed E-state index contributed by atoms with van der Waals surface area (Å²) in [6.45, 7) is 0.954. The van der Waals surface area contributed by atoms with E-state index in [-0.39, 0.29) is 29.0 Å². The van der Waals surface area contributed by atoms with Crippen molar-refractivity contribution in [3.05, 3.63) is 81.9 Å². The number of fused-ring (bicyclic) bond motifs is 1. The molecule has 2 amide bonds. The van der Waals surface area contributed by atoms with Gasteiger partial charge >= 0.3 is 0 Å². The van der Waals surface area contributed by atoms with Crippen molar-refractivity contribution in [3.8, 4) is 6.07 Å². The Labute approximate surface area is 217 Å². The molecule has 37 heavy (non-hydrogen) atoms. The topological polar surface area (TPSA) is 134 Å². The van der Waals surface area contributed by atoms with Crippen LogP contribution in [-0.4, -0.2) is 41.7 Å². The summed E-state index contributed by atoms with van der Waals surface area (Å²) >= 11 is 1.04. The molecule has 9 nitrogen and oxygen atoms in total. The van der Waals surface area contributed by atoms with Gasteiger partial charge in [0.2, 0.25) is 5.91 Å². The van der Waals surface area contributed by atoms with Crippen LogP contribution in [0.25, 0.3) is 16.8 Å². The molecule has 10 heteroatoms. The van der Waals surface area contributed by atoms with E-state index < -0.39 is 10.8 Å². The van der Waals surface area contributed by atoms with Crippen molar-refractivity contribution in [2.24, 2.45) is 0 Å². The lowest BCUT2D eigenvalue weighted by Crippen LogP contribution is -2.32. The lowest BCUT2D eigenvalue weighted by atomic mass is 10.1. The van der Waals surface area contributed by atoms with Crippen molar-refractivity contribution in [3.63, 3.8) is 0 Å². The molecule has 3 aromatic carbocycles. The van der Waals surface area contributed by atoms with Crippen molar-refractivity contribution in [1.29, 1.82) is 5.26 Å². The van der Waals surface area contributed by atoms with E-state index in [0.717, 1.165) is 35.4 Å². The summed E-state index contributed by atoms with van der Waals surface area (Å²) in [5.74, 6) is -0.893. The molecule has 1 atom stereocenters. The molecule has 0 spiro atoms. The number of carbonyl (C=O) groups excluding carboxylic acids is 2. The number of hydrogen-bond acceptors (Lipinski definition) is 7. The molecule has 2 N–H and O–H groups in total. The number of rotatable bonds is 9. The molecule has 1 aliphatic rings. The van der Waals surface area contributed by atoms with E-state index >= 15 is 0 Å². The first kappa shape index (κ1) is 25.9. The second-order valence-electron chi connectivity index (χ2n) is 8.40. The average molecular weight is 517 g/mol. The summed E-state index contributed by atoms with van der Waals surface area (Å²) < 4.78 is 5.46. The molecule has 1 fully saturated rings. The Balaban J connectivity index is 1.40. The SMILES string of the molecule is N#C/C(=C\c1ccc(SCC(=O)Nc2ccc3ccccc3c2)c([N+](=O)[O-])c1)C(=O)NC[C@@H]1CCCO1. The Morgan fingerprint density at radius 1 is 1.16 bits per heavy atom. The highest BCUT2D eigenvalue weighted by molar-refractivity contribution is 8.00. The van der Waals surface area contributed by atoms with Crippen LogP contribution in [0.15, 0.2) is 71.1 Å². The Kier molecular flexibility index (Phi) is 8.51. The van der Waals surface area contributed by atoms with Crippen LogP contribution in [0, 0.1) is 21.4 Å². The minimum absolute atomic E-state index is 0.0298. The summed E-state index contributed by atoms with van der Waals surface area (Å²) in [6.07, 6.45) is 3.01. The van der Waals surface area contributed by atoms with Gasteiger partial charge < -0.3 is 15.4 Å². The number of thioether (sulfide) groups is 1. The van der Waals surface area contributed by atoms with E-state index in [4.69, 9.17) is 4.74 Å². The first-order chi connectivity index (χ1) is 17.9. The fraction of sp³-hybridized carbons (Fsp3) is 0.222. The van der Waals surface area contributed by atoms with Gasteiger partial charge in [0.15, 0.2) is 0 Å². The van der Waals surface area contributed by atoms with Gasteiger partial charge in [0.1, 0.15) is 11.6 Å². The van der Waals surface area contributed by atoms with Crippen molar-refractivity contribution < 1.29 is 19.2 Å². The summed E-state index contributed by atoms with van der Waals surface area (Å²) in [7, 11) is 0. The number of anilines is 1. The number of nitriles is 1. The third kappa shape index (κ3) is 6.94. The van der Waals surface area contributed by atoms with E-state index in [9.17, 15) is 25.0 Å². The average Bonchev–Trinajstić information content (AvgIpc) is 3.43. The Morgan fingerprint density at radius 3 is 2.70 bits per heavy atom. The van der Waals surface area contributed by atoms with Crippen LogP contribution in [0.3, 0.4) is 0 Å². The molecule has 0 aromatic heterocycles. The van der Waals surface area contributed by atoms with E-state index in [1.807, 2.05) is 42.5 Å². The number of nitro groups is 1. The van der Waals surface area contributed by atoms with Crippen LogP contribution in [0.1, 0.15) is 18.4 Å². The van der Waals surface area contributed by atoms with E-state index in [2.05, 4.69) is 10.6 Å². The summed E-state index contributed by atoms with van der Waals surface area (Å²) in [6, 6.07) is 19.6. The predicted octanol–water partition coefficient (Wildman–Crippen LogP) is 4.68. The predicted molar refractivity (Wildman–Crippen MR) is 142 cm³/mol. The highest BCUT2D eigenvalue weighted by Crippen LogP contribution is 2.31. The maximum Gasteiger partial charge on any atom is 0.283 e. The second-order valence-corrected chi connectivity index (χ2v) is 9.42. The maximum atomic E-state index is 12.5. The zero-order chi connectivity index (χ0) is 26.2. The molecule has 4 rings (SSSR count). The van der Waals surface area contributed by atoms with Gasteiger partial charge in [-0.1, -0.05) is 36.4 Å². The minimum atomic E-state index is -0.565. The summed E-state index contributed by atoms with van der Waals surface area (Å²) in [5.41, 5.74) is 0.596. The minimum Gasteiger partial charge on any atom is -0.376 e. The number of benzene rings is 3.